The van der Waals surface area contributed by atoms with E-state index in [9.17, 15) is 4.79 Å². The van der Waals surface area contributed by atoms with Gasteiger partial charge in [0.05, 0.1) is 0 Å². The summed E-state index contributed by atoms with van der Waals surface area (Å²) in [5.41, 5.74) is 5.70. The maximum absolute atomic E-state index is 11.9. The summed E-state index contributed by atoms with van der Waals surface area (Å²) in [7, 11) is 0. The van der Waals surface area contributed by atoms with Crippen LogP contribution in [-0.2, 0) is 4.79 Å². The van der Waals surface area contributed by atoms with Gasteiger partial charge in [0, 0.05) is 19.5 Å². The molecule has 0 heterocycles. The van der Waals surface area contributed by atoms with Gasteiger partial charge in [-0.15, -0.1) is 6.58 Å². The summed E-state index contributed by atoms with van der Waals surface area (Å²) in [6.07, 6.45) is 4.09. The van der Waals surface area contributed by atoms with Crippen LogP contribution in [0.15, 0.2) is 12.7 Å². The molecule has 0 aliphatic rings. The molecule has 0 aliphatic heterocycles. The van der Waals surface area contributed by atoms with Gasteiger partial charge in [0.25, 0.3) is 0 Å². The smallest absolute Gasteiger partial charge is 0.222 e. The van der Waals surface area contributed by atoms with Gasteiger partial charge in [0.15, 0.2) is 0 Å². The molecule has 0 aromatic rings. The molecule has 0 rings (SSSR count). The van der Waals surface area contributed by atoms with Crippen LogP contribution < -0.4 is 5.73 Å². The molecule has 0 saturated carbocycles. The topological polar surface area (TPSA) is 46.3 Å². The predicted octanol–water partition coefficient (Wildman–Crippen LogP) is 2.18. The number of carbonyl (C=O) groups excluding carboxylic acids is 1. The molecule has 0 radical (unpaired) electrons. The number of nitrogens with zero attached hydrogens (tertiary/aromatic N) is 1. The Morgan fingerprint density at radius 3 is 2.56 bits per heavy atom. The monoisotopic (exact) mass is 226 g/mol. The first-order chi connectivity index (χ1) is 7.46. The van der Waals surface area contributed by atoms with Crippen molar-refractivity contribution in [2.45, 2.75) is 40.0 Å². The van der Waals surface area contributed by atoms with E-state index in [1.807, 2.05) is 4.90 Å². The van der Waals surface area contributed by atoms with Crippen molar-refractivity contribution >= 4 is 5.91 Å². The van der Waals surface area contributed by atoms with Gasteiger partial charge in [-0.2, -0.15) is 0 Å². The lowest BCUT2D eigenvalue weighted by atomic mass is 9.93. The summed E-state index contributed by atoms with van der Waals surface area (Å²) < 4.78 is 0. The van der Waals surface area contributed by atoms with E-state index in [4.69, 9.17) is 5.73 Å². The molecule has 0 saturated heterocycles. The highest BCUT2D eigenvalue weighted by molar-refractivity contribution is 5.76. The molecule has 3 nitrogen and oxygen atoms in total. The number of rotatable bonds is 8. The molecule has 0 aliphatic carbocycles. The molecule has 0 aromatic carbocycles. The minimum absolute atomic E-state index is 0.000983. The van der Waals surface area contributed by atoms with Crippen LogP contribution in [0, 0.1) is 5.41 Å². The summed E-state index contributed by atoms with van der Waals surface area (Å²) in [5, 5.41) is 0. The van der Waals surface area contributed by atoms with Gasteiger partial charge < -0.3 is 10.6 Å². The zero-order valence-corrected chi connectivity index (χ0v) is 11.0. The SMILES string of the molecule is C=CCCC(=O)N(CCC)CC(C)(C)CN. The van der Waals surface area contributed by atoms with Gasteiger partial charge in [-0.1, -0.05) is 26.8 Å². The fraction of sp³-hybridized carbons (Fsp3) is 0.769. The number of carbonyl (C=O) groups is 1. The fourth-order valence-electron chi connectivity index (χ4n) is 1.53. The Labute approximate surface area is 99.7 Å². The molecule has 0 spiro atoms. The van der Waals surface area contributed by atoms with Crippen LogP contribution in [0.4, 0.5) is 0 Å². The predicted molar refractivity (Wildman–Crippen MR) is 69.1 cm³/mol. The van der Waals surface area contributed by atoms with E-state index in [0.29, 0.717) is 13.0 Å². The highest BCUT2D eigenvalue weighted by Gasteiger charge is 2.22. The standard InChI is InChI=1S/C13H26N2O/c1-5-7-8-12(16)15(9-6-2)11-13(3,4)10-14/h5H,1,6-11,14H2,2-4H3. The quantitative estimate of drug-likeness (QED) is 0.645. The lowest BCUT2D eigenvalue weighted by Crippen LogP contribution is -2.42. The van der Waals surface area contributed by atoms with E-state index < -0.39 is 0 Å². The van der Waals surface area contributed by atoms with E-state index in [0.717, 1.165) is 25.9 Å². The second-order valence-electron chi connectivity index (χ2n) is 5.01. The maximum atomic E-state index is 11.9. The van der Waals surface area contributed by atoms with E-state index in [-0.39, 0.29) is 11.3 Å². The van der Waals surface area contributed by atoms with Crippen LogP contribution in [-0.4, -0.2) is 30.4 Å². The summed E-state index contributed by atoms with van der Waals surface area (Å²) in [4.78, 5) is 13.8. The van der Waals surface area contributed by atoms with E-state index in [1.165, 1.54) is 0 Å². The third-order valence-electron chi connectivity index (χ3n) is 2.58. The van der Waals surface area contributed by atoms with E-state index in [2.05, 4.69) is 27.4 Å². The molecular formula is C13H26N2O. The number of hydrogen-bond donors (Lipinski definition) is 1. The Morgan fingerprint density at radius 2 is 2.12 bits per heavy atom. The molecule has 1 amide bonds. The Balaban J connectivity index is 4.35. The Kier molecular flexibility index (Phi) is 7.06. The average Bonchev–Trinajstić information content (AvgIpc) is 2.25. The van der Waals surface area contributed by atoms with Crippen molar-refractivity contribution in [3.63, 3.8) is 0 Å². The molecule has 0 unspecified atom stereocenters. The minimum Gasteiger partial charge on any atom is -0.342 e. The second-order valence-corrected chi connectivity index (χ2v) is 5.01. The summed E-state index contributed by atoms with van der Waals surface area (Å²) in [5.74, 6) is 0.211. The van der Waals surface area contributed by atoms with Crippen LogP contribution in [0.5, 0.6) is 0 Å². The molecule has 0 atom stereocenters. The third kappa shape index (κ3) is 5.91. The van der Waals surface area contributed by atoms with E-state index in [1.54, 1.807) is 6.08 Å². The lowest BCUT2D eigenvalue weighted by Gasteiger charge is -2.31. The highest BCUT2D eigenvalue weighted by Crippen LogP contribution is 2.16. The molecular weight excluding hydrogens is 200 g/mol. The molecule has 0 fully saturated rings. The molecule has 0 bridgehead atoms. The Morgan fingerprint density at radius 1 is 1.50 bits per heavy atom. The van der Waals surface area contributed by atoms with Crippen LogP contribution in [0.1, 0.15) is 40.0 Å². The normalized spacial score (nSPS) is 11.2. The molecule has 2 N–H and O–H groups in total. The van der Waals surface area contributed by atoms with Crippen molar-refractivity contribution in [1.29, 1.82) is 0 Å². The average molecular weight is 226 g/mol. The van der Waals surface area contributed by atoms with Crippen molar-refractivity contribution in [2.75, 3.05) is 19.6 Å². The molecule has 16 heavy (non-hydrogen) atoms. The number of nitrogens with two attached hydrogens (primary N) is 1. The minimum atomic E-state index is -0.000983. The van der Waals surface area contributed by atoms with Crippen molar-refractivity contribution in [2.24, 2.45) is 11.1 Å². The largest absolute Gasteiger partial charge is 0.342 e. The first kappa shape index (κ1) is 15.2. The van der Waals surface area contributed by atoms with Crippen LogP contribution in [0.2, 0.25) is 0 Å². The summed E-state index contributed by atoms with van der Waals surface area (Å²) >= 11 is 0. The van der Waals surface area contributed by atoms with Crippen molar-refractivity contribution in [1.82, 2.24) is 4.90 Å². The van der Waals surface area contributed by atoms with Crippen molar-refractivity contribution < 1.29 is 4.79 Å². The van der Waals surface area contributed by atoms with Crippen molar-refractivity contribution in [3.8, 4) is 0 Å². The second kappa shape index (κ2) is 7.44. The van der Waals surface area contributed by atoms with Gasteiger partial charge >= 0.3 is 0 Å². The maximum Gasteiger partial charge on any atom is 0.222 e. The van der Waals surface area contributed by atoms with Gasteiger partial charge in [-0.05, 0) is 24.8 Å². The van der Waals surface area contributed by atoms with Crippen molar-refractivity contribution in [3.05, 3.63) is 12.7 Å². The summed E-state index contributed by atoms with van der Waals surface area (Å²) in [6, 6.07) is 0. The number of amides is 1. The van der Waals surface area contributed by atoms with E-state index >= 15 is 0 Å². The van der Waals surface area contributed by atoms with Gasteiger partial charge in [-0.25, -0.2) is 0 Å². The van der Waals surface area contributed by atoms with Crippen LogP contribution in [0.3, 0.4) is 0 Å². The first-order valence-corrected chi connectivity index (χ1v) is 6.05. The molecule has 94 valence electrons. The molecule has 0 aromatic heterocycles. The number of allylic oxidation sites excluding steroid dienone is 1. The van der Waals surface area contributed by atoms with Gasteiger partial charge in [0.2, 0.25) is 5.91 Å². The first-order valence-electron chi connectivity index (χ1n) is 6.05. The number of hydrogen-bond acceptors (Lipinski definition) is 2. The zero-order valence-electron chi connectivity index (χ0n) is 11.0. The van der Waals surface area contributed by atoms with Gasteiger partial charge in [0.1, 0.15) is 0 Å². The summed E-state index contributed by atoms with van der Waals surface area (Å²) in [6.45, 7) is 12.1. The highest BCUT2D eigenvalue weighted by atomic mass is 16.2. The molecule has 3 heteroatoms. The van der Waals surface area contributed by atoms with Gasteiger partial charge in [-0.3, -0.25) is 4.79 Å². The van der Waals surface area contributed by atoms with Crippen LogP contribution in [0.25, 0.3) is 0 Å². The lowest BCUT2D eigenvalue weighted by molar-refractivity contribution is -0.132. The van der Waals surface area contributed by atoms with Crippen LogP contribution >= 0.6 is 0 Å². The zero-order chi connectivity index (χ0) is 12.6. The third-order valence-corrected chi connectivity index (χ3v) is 2.58. The Bertz CT molecular complexity index is 224. The Hall–Kier alpha value is -0.830. The fourth-order valence-corrected chi connectivity index (χ4v) is 1.53.